The van der Waals surface area contributed by atoms with Crippen molar-refractivity contribution in [3.8, 4) is 11.5 Å². The highest BCUT2D eigenvalue weighted by Crippen LogP contribution is 2.27. The molecule has 130 valence electrons. The van der Waals surface area contributed by atoms with Crippen LogP contribution in [0.2, 0.25) is 5.02 Å². The van der Waals surface area contributed by atoms with Gasteiger partial charge in [-0.05, 0) is 54.6 Å². The maximum absolute atomic E-state index is 6.09. The van der Waals surface area contributed by atoms with Crippen molar-refractivity contribution in [2.75, 3.05) is 5.32 Å². The fourth-order valence-corrected chi connectivity index (χ4v) is 2.67. The number of fused-ring (bicyclic) bond motifs is 1. The van der Waals surface area contributed by atoms with E-state index in [2.05, 4.69) is 15.3 Å². The third-order valence-corrected chi connectivity index (χ3v) is 3.93. The molecule has 0 bridgehead atoms. The second kappa shape index (κ2) is 8.04. The summed E-state index contributed by atoms with van der Waals surface area (Å²) in [6, 6.07) is 22.9. The molecule has 1 N–H and O–H groups in total. The molecule has 0 aliphatic rings. The van der Waals surface area contributed by atoms with Gasteiger partial charge in [-0.2, -0.15) is 0 Å². The zero-order valence-corrected chi connectivity index (χ0v) is 15.2. The third kappa shape index (κ3) is 4.04. The van der Waals surface area contributed by atoms with E-state index in [1.165, 1.54) is 6.33 Å². The van der Waals surface area contributed by atoms with Crippen LogP contribution < -0.4 is 10.1 Å². The predicted octanol–water partition coefficient (Wildman–Crippen LogP) is 6.24. The minimum Gasteiger partial charge on any atom is -0.457 e. The number of aromatic nitrogens is 2. The molecule has 0 saturated heterocycles. The highest BCUT2D eigenvalue weighted by Gasteiger charge is 2.05. The molecule has 0 spiro atoms. The molecule has 0 atom stereocenters. The Bertz CT molecular complexity index is 1010. The van der Waals surface area contributed by atoms with Crippen LogP contribution in [0.4, 0.5) is 11.5 Å². The molecule has 4 rings (SSSR count). The SMILES string of the molecule is Cl.Clc1ccc2ncnc(Nc3ccc(Oc4ccccc4)cc3)c2c1. The topological polar surface area (TPSA) is 47.0 Å². The van der Waals surface area contributed by atoms with Crippen molar-refractivity contribution in [1.82, 2.24) is 9.97 Å². The maximum Gasteiger partial charge on any atom is 0.141 e. The molecular formula is C20H15Cl2N3O. The first-order valence-corrected chi connectivity index (χ1v) is 8.16. The van der Waals surface area contributed by atoms with E-state index in [1.807, 2.05) is 72.8 Å². The minimum absolute atomic E-state index is 0. The van der Waals surface area contributed by atoms with Crippen LogP contribution in [-0.4, -0.2) is 9.97 Å². The molecule has 4 nitrogen and oxygen atoms in total. The fourth-order valence-electron chi connectivity index (χ4n) is 2.50. The average molecular weight is 384 g/mol. The predicted molar refractivity (Wildman–Crippen MR) is 108 cm³/mol. The summed E-state index contributed by atoms with van der Waals surface area (Å²) in [5.41, 5.74) is 1.74. The Balaban J connectivity index is 0.00000196. The molecule has 0 unspecified atom stereocenters. The average Bonchev–Trinajstić information content (AvgIpc) is 2.65. The van der Waals surface area contributed by atoms with Crippen LogP contribution in [-0.2, 0) is 0 Å². The fraction of sp³-hybridized carbons (Fsp3) is 0. The van der Waals surface area contributed by atoms with E-state index in [0.717, 1.165) is 28.1 Å². The molecule has 3 aromatic carbocycles. The number of ether oxygens (including phenoxy) is 1. The zero-order valence-electron chi connectivity index (χ0n) is 13.6. The Morgan fingerprint density at radius 3 is 2.31 bits per heavy atom. The van der Waals surface area contributed by atoms with Crippen molar-refractivity contribution < 1.29 is 4.74 Å². The highest BCUT2D eigenvalue weighted by molar-refractivity contribution is 6.31. The molecule has 0 amide bonds. The summed E-state index contributed by atoms with van der Waals surface area (Å²) in [4.78, 5) is 8.58. The van der Waals surface area contributed by atoms with E-state index in [4.69, 9.17) is 16.3 Å². The number of rotatable bonds is 4. The third-order valence-electron chi connectivity index (χ3n) is 3.69. The molecule has 0 aliphatic heterocycles. The number of para-hydroxylation sites is 1. The lowest BCUT2D eigenvalue weighted by Crippen LogP contribution is -1.96. The first kappa shape index (κ1) is 18.0. The number of hydrogen-bond acceptors (Lipinski definition) is 4. The lowest BCUT2D eigenvalue weighted by molar-refractivity contribution is 0.483. The number of benzene rings is 3. The zero-order chi connectivity index (χ0) is 17.1. The summed E-state index contributed by atoms with van der Waals surface area (Å²) in [6.45, 7) is 0. The van der Waals surface area contributed by atoms with Crippen molar-refractivity contribution in [2.45, 2.75) is 0 Å². The summed E-state index contributed by atoms with van der Waals surface area (Å²) < 4.78 is 5.80. The van der Waals surface area contributed by atoms with Gasteiger partial charge in [0.05, 0.1) is 5.52 Å². The number of nitrogens with zero attached hydrogens (tertiary/aromatic N) is 2. The molecule has 6 heteroatoms. The number of anilines is 2. The molecule has 26 heavy (non-hydrogen) atoms. The highest BCUT2D eigenvalue weighted by atomic mass is 35.5. The molecule has 0 saturated carbocycles. The monoisotopic (exact) mass is 383 g/mol. The Hall–Kier alpha value is -2.82. The van der Waals surface area contributed by atoms with Gasteiger partial charge in [0.15, 0.2) is 0 Å². The van der Waals surface area contributed by atoms with Gasteiger partial charge in [0, 0.05) is 16.1 Å². The van der Waals surface area contributed by atoms with Gasteiger partial charge in [0.25, 0.3) is 0 Å². The van der Waals surface area contributed by atoms with Gasteiger partial charge in [-0.3, -0.25) is 0 Å². The number of nitrogens with one attached hydrogen (secondary N) is 1. The Kier molecular flexibility index (Phi) is 5.56. The van der Waals surface area contributed by atoms with Crippen LogP contribution >= 0.6 is 24.0 Å². The van der Waals surface area contributed by atoms with Gasteiger partial charge < -0.3 is 10.1 Å². The van der Waals surface area contributed by atoms with Crippen LogP contribution in [0.1, 0.15) is 0 Å². The summed E-state index contributed by atoms with van der Waals surface area (Å²) in [5.74, 6) is 2.29. The van der Waals surface area contributed by atoms with Gasteiger partial charge in [-0.1, -0.05) is 29.8 Å². The Labute approximate surface area is 162 Å². The number of hydrogen-bond donors (Lipinski definition) is 1. The Morgan fingerprint density at radius 1 is 0.808 bits per heavy atom. The second-order valence-electron chi connectivity index (χ2n) is 5.45. The molecule has 0 radical (unpaired) electrons. The minimum atomic E-state index is 0. The van der Waals surface area contributed by atoms with Crippen molar-refractivity contribution >= 4 is 46.4 Å². The largest absolute Gasteiger partial charge is 0.457 e. The van der Waals surface area contributed by atoms with E-state index in [-0.39, 0.29) is 12.4 Å². The van der Waals surface area contributed by atoms with Crippen LogP contribution in [0, 0.1) is 0 Å². The number of halogens is 2. The summed E-state index contributed by atoms with van der Waals surface area (Å²) in [7, 11) is 0. The molecular weight excluding hydrogens is 369 g/mol. The van der Waals surface area contributed by atoms with E-state index in [1.54, 1.807) is 0 Å². The van der Waals surface area contributed by atoms with Crippen LogP contribution in [0.5, 0.6) is 11.5 Å². The summed E-state index contributed by atoms with van der Waals surface area (Å²) in [5, 5.41) is 4.82. The van der Waals surface area contributed by atoms with Crippen molar-refractivity contribution in [2.24, 2.45) is 0 Å². The molecule has 4 aromatic rings. The van der Waals surface area contributed by atoms with Gasteiger partial charge in [-0.25, -0.2) is 9.97 Å². The first-order valence-electron chi connectivity index (χ1n) is 7.78. The lowest BCUT2D eigenvalue weighted by Gasteiger charge is -2.10. The van der Waals surface area contributed by atoms with E-state index < -0.39 is 0 Å². The van der Waals surface area contributed by atoms with E-state index >= 15 is 0 Å². The summed E-state index contributed by atoms with van der Waals surface area (Å²) >= 11 is 6.09. The maximum atomic E-state index is 6.09. The lowest BCUT2D eigenvalue weighted by atomic mass is 10.2. The van der Waals surface area contributed by atoms with Gasteiger partial charge in [-0.15, -0.1) is 12.4 Å². The van der Waals surface area contributed by atoms with Gasteiger partial charge in [0.2, 0.25) is 0 Å². The first-order chi connectivity index (χ1) is 12.3. The molecule has 1 heterocycles. The van der Waals surface area contributed by atoms with E-state index in [9.17, 15) is 0 Å². The van der Waals surface area contributed by atoms with Crippen molar-refractivity contribution in [1.29, 1.82) is 0 Å². The standard InChI is InChI=1S/C20H14ClN3O.ClH/c21-14-6-11-19-18(12-14)20(23-13-22-19)24-15-7-9-17(10-8-15)25-16-4-2-1-3-5-16;/h1-13H,(H,22,23,24);1H. The van der Waals surface area contributed by atoms with Crippen molar-refractivity contribution in [3.63, 3.8) is 0 Å². The normalized spacial score (nSPS) is 10.2. The van der Waals surface area contributed by atoms with Crippen LogP contribution in [0.25, 0.3) is 10.9 Å². The van der Waals surface area contributed by atoms with Gasteiger partial charge >= 0.3 is 0 Å². The smallest absolute Gasteiger partial charge is 0.141 e. The summed E-state index contributed by atoms with van der Waals surface area (Å²) in [6.07, 6.45) is 1.53. The molecule has 0 aliphatic carbocycles. The van der Waals surface area contributed by atoms with E-state index in [0.29, 0.717) is 10.8 Å². The second-order valence-corrected chi connectivity index (χ2v) is 5.88. The van der Waals surface area contributed by atoms with Crippen molar-refractivity contribution in [3.05, 3.63) is 84.1 Å². The molecule has 0 fully saturated rings. The Morgan fingerprint density at radius 2 is 1.54 bits per heavy atom. The van der Waals surface area contributed by atoms with Crippen LogP contribution in [0.3, 0.4) is 0 Å². The van der Waals surface area contributed by atoms with Gasteiger partial charge in [0.1, 0.15) is 23.6 Å². The van der Waals surface area contributed by atoms with Crippen LogP contribution in [0.15, 0.2) is 79.1 Å². The molecule has 1 aromatic heterocycles. The quantitative estimate of drug-likeness (QED) is 0.452.